The predicted octanol–water partition coefficient (Wildman–Crippen LogP) is 4.79. The van der Waals surface area contributed by atoms with Crippen molar-refractivity contribution in [2.45, 2.75) is 55.4 Å². The number of halogens is 1. The van der Waals surface area contributed by atoms with Gasteiger partial charge in [0.15, 0.2) is 4.34 Å². The van der Waals surface area contributed by atoms with Gasteiger partial charge < -0.3 is 5.32 Å². The number of hydrogen-bond donors (Lipinski definition) is 1. The third kappa shape index (κ3) is 5.25. The van der Waals surface area contributed by atoms with Crippen LogP contribution < -0.4 is 5.32 Å². The molecular weight excluding hydrogens is 322 g/mol. The second kappa shape index (κ2) is 7.09. The fraction of sp³-hybridized carbons (Fsp3) is 0.467. The highest BCUT2D eigenvalue weighted by Gasteiger charge is 2.13. The molecule has 1 N–H and O–H groups in total. The van der Waals surface area contributed by atoms with Crippen molar-refractivity contribution < 1.29 is 0 Å². The van der Waals surface area contributed by atoms with Gasteiger partial charge in [-0.2, -0.15) is 4.37 Å². The van der Waals surface area contributed by atoms with Gasteiger partial charge in [0.2, 0.25) is 0 Å². The minimum Gasteiger partial charge on any atom is -0.308 e. The Morgan fingerprint density at radius 1 is 1.33 bits per heavy atom. The Bertz CT molecular complexity index is 605. The molecule has 0 radical (unpaired) electrons. The Hall–Kier alpha value is -0.620. The average molecular weight is 342 g/mol. The number of nitrogens with one attached hydrogen (secondary N) is 1. The highest BCUT2D eigenvalue weighted by Crippen LogP contribution is 2.33. The molecule has 0 fully saturated rings. The maximum absolute atomic E-state index is 6.14. The van der Waals surface area contributed by atoms with Gasteiger partial charge in [-0.15, -0.1) is 0 Å². The summed E-state index contributed by atoms with van der Waals surface area (Å²) in [4.78, 5) is 5.65. The van der Waals surface area contributed by atoms with E-state index >= 15 is 0 Å². The van der Waals surface area contributed by atoms with Crippen molar-refractivity contribution in [3.8, 4) is 0 Å². The van der Waals surface area contributed by atoms with Crippen LogP contribution in [0.25, 0.3) is 0 Å². The maximum Gasteiger partial charge on any atom is 0.174 e. The van der Waals surface area contributed by atoms with Crippen LogP contribution in [0.4, 0.5) is 0 Å². The Morgan fingerprint density at radius 3 is 2.71 bits per heavy atom. The summed E-state index contributed by atoms with van der Waals surface area (Å²) in [6.45, 7) is 9.35. The molecule has 0 saturated carbocycles. The molecule has 2 rings (SSSR count). The number of aromatic nitrogens is 2. The molecule has 0 saturated heterocycles. The fourth-order valence-corrected chi connectivity index (χ4v) is 3.71. The molecule has 0 bridgehead atoms. The molecule has 0 atom stereocenters. The van der Waals surface area contributed by atoms with Crippen molar-refractivity contribution in [2.75, 3.05) is 0 Å². The summed E-state index contributed by atoms with van der Waals surface area (Å²) in [5.41, 5.74) is 1.31. The summed E-state index contributed by atoms with van der Waals surface area (Å²) in [6, 6.07) is 6.01. The molecule has 114 valence electrons. The number of benzene rings is 1. The molecule has 21 heavy (non-hydrogen) atoms. The van der Waals surface area contributed by atoms with Crippen LogP contribution in [0, 0.1) is 0 Å². The molecule has 0 aliphatic heterocycles. The largest absolute Gasteiger partial charge is 0.308 e. The first-order chi connectivity index (χ1) is 9.87. The minimum absolute atomic E-state index is 0.0830. The number of aryl methyl sites for hydroxylation is 1. The Balaban J connectivity index is 2.18. The normalized spacial score (nSPS) is 11.9. The van der Waals surface area contributed by atoms with E-state index in [1.807, 2.05) is 12.1 Å². The lowest BCUT2D eigenvalue weighted by atomic mass is 10.1. The van der Waals surface area contributed by atoms with E-state index in [0.29, 0.717) is 0 Å². The molecule has 0 aliphatic carbocycles. The Morgan fingerprint density at radius 2 is 2.10 bits per heavy atom. The van der Waals surface area contributed by atoms with Crippen LogP contribution in [0.5, 0.6) is 0 Å². The van der Waals surface area contributed by atoms with Gasteiger partial charge in [0.1, 0.15) is 5.82 Å². The van der Waals surface area contributed by atoms with E-state index in [1.165, 1.54) is 17.1 Å². The van der Waals surface area contributed by atoms with Crippen molar-refractivity contribution in [3.05, 3.63) is 34.6 Å². The highest BCUT2D eigenvalue weighted by atomic mass is 35.5. The second-order valence-corrected chi connectivity index (χ2v) is 8.27. The second-order valence-electron chi connectivity index (χ2n) is 5.79. The number of hydrogen-bond acceptors (Lipinski definition) is 5. The summed E-state index contributed by atoms with van der Waals surface area (Å²) in [7, 11) is 0. The van der Waals surface area contributed by atoms with Gasteiger partial charge in [0.05, 0.1) is 0 Å². The standard InChI is InChI=1S/C15H20ClN3S2/c1-5-13-18-14(21-19-13)20-12-8-11(16)7-6-10(12)9-17-15(2,3)4/h6-8,17H,5,9H2,1-4H3. The van der Waals surface area contributed by atoms with Gasteiger partial charge in [-0.05, 0) is 50.0 Å². The number of rotatable bonds is 5. The zero-order chi connectivity index (χ0) is 15.5. The zero-order valence-corrected chi connectivity index (χ0v) is 15.1. The van der Waals surface area contributed by atoms with Crippen LogP contribution in [0.2, 0.25) is 5.02 Å². The van der Waals surface area contributed by atoms with Crippen LogP contribution in [0.3, 0.4) is 0 Å². The molecular formula is C15H20ClN3S2. The van der Waals surface area contributed by atoms with E-state index in [1.54, 1.807) is 11.8 Å². The molecule has 0 aliphatic rings. The summed E-state index contributed by atoms with van der Waals surface area (Å²) in [6.07, 6.45) is 0.866. The SMILES string of the molecule is CCc1nsc(Sc2cc(Cl)ccc2CNC(C)(C)C)n1. The van der Waals surface area contributed by atoms with Gasteiger partial charge in [0, 0.05) is 28.4 Å². The molecule has 0 amide bonds. The topological polar surface area (TPSA) is 37.8 Å². The Kier molecular flexibility index (Phi) is 5.66. The van der Waals surface area contributed by atoms with E-state index in [4.69, 9.17) is 11.6 Å². The summed E-state index contributed by atoms with van der Waals surface area (Å²) in [5.74, 6) is 0.902. The van der Waals surface area contributed by atoms with Gasteiger partial charge in [-0.3, -0.25) is 0 Å². The van der Waals surface area contributed by atoms with Crippen molar-refractivity contribution >= 4 is 34.9 Å². The molecule has 2 aromatic rings. The Labute approximate surface area is 139 Å². The van der Waals surface area contributed by atoms with Crippen molar-refractivity contribution in [1.29, 1.82) is 0 Å². The van der Waals surface area contributed by atoms with Crippen LogP contribution >= 0.6 is 34.9 Å². The molecule has 0 unspecified atom stereocenters. The van der Waals surface area contributed by atoms with E-state index < -0.39 is 0 Å². The van der Waals surface area contributed by atoms with E-state index in [-0.39, 0.29) is 5.54 Å². The third-order valence-corrected chi connectivity index (χ3v) is 4.93. The first-order valence-corrected chi connectivity index (χ1v) is 8.88. The highest BCUT2D eigenvalue weighted by molar-refractivity contribution is 8.01. The summed E-state index contributed by atoms with van der Waals surface area (Å²) in [5, 5.41) is 4.26. The minimum atomic E-state index is 0.0830. The van der Waals surface area contributed by atoms with Crippen molar-refractivity contribution in [2.24, 2.45) is 0 Å². The van der Waals surface area contributed by atoms with Gasteiger partial charge >= 0.3 is 0 Å². The smallest absolute Gasteiger partial charge is 0.174 e. The van der Waals surface area contributed by atoms with Crippen molar-refractivity contribution in [1.82, 2.24) is 14.7 Å². The van der Waals surface area contributed by atoms with Crippen LogP contribution in [0.1, 0.15) is 39.1 Å². The lowest BCUT2D eigenvalue weighted by Gasteiger charge is -2.21. The monoisotopic (exact) mass is 341 g/mol. The number of nitrogens with zero attached hydrogens (tertiary/aromatic N) is 2. The third-order valence-electron chi connectivity index (χ3n) is 2.80. The molecule has 1 aromatic heterocycles. The van der Waals surface area contributed by atoms with E-state index in [0.717, 1.165) is 33.0 Å². The first kappa shape index (κ1) is 16.7. The predicted molar refractivity (Wildman–Crippen MR) is 91.5 cm³/mol. The molecule has 1 heterocycles. The van der Waals surface area contributed by atoms with Crippen LogP contribution in [-0.4, -0.2) is 14.9 Å². The maximum atomic E-state index is 6.14. The lowest BCUT2D eigenvalue weighted by molar-refractivity contribution is 0.422. The first-order valence-electron chi connectivity index (χ1n) is 6.91. The van der Waals surface area contributed by atoms with Crippen molar-refractivity contribution in [3.63, 3.8) is 0 Å². The fourth-order valence-electron chi connectivity index (χ4n) is 1.65. The lowest BCUT2D eigenvalue weighted by Crippen LogP contribution is -2.35. The van der Waals surface area contributed by atoms with Gasteiger partial charge in [-0.1, -0.05) is 36.4 Å². The van der Waals surface area contributed by atoms with Crippen LogP contribution in [0.15, 0.2) is 27.4 Å². The molecule has 6 heteroatoms. The quantitative estimate of drug-likeness (QED) is 0.848. The molecule has 1 aromatic carbocycles. The van der Waals surface area contributed by atoms with Gasteiger partial charge in [-0.25, -0.2) is 4.98 Å². The zero-order valence-electron chi connectivity index (χ0n) is 12.7. The average Bonchev–Trinajstić information content (AvgIpc) is 2.84. The van der Waals surface area contributed by atoms with Crippen LogP contribution in [-0.2, 0) is 13.0 Å². The van der Waals surface area contributed by atoms with E-state index in [2.05, 4.69) is 48.4 Å². The summed E-state index contributed by atoms with van der Waals surface area (Å²) >= 11 is 9.22. The van der Waals surface area contributed by atoms with E-state index in [9.17, 15) is 0 Å². The molecule has 0 spiro atoms. The molecule has 3 nitrogen and oxygen atoms in total. The summed E-state index contributed by atoms with van der Waals surface area (Å²) < 4.78 is 5.29. The van der Waals surface area contributed by atoms with Gasteiger partial charge in [0.25, 0.3) is 0 Å².